The Morgan fingerprint density at radius 3 is 2.50 bits per heavy atom. The van der Waals surface area contributed by atoms with E-state index >= 15 is 0 Å². The van der Waals surface area contributed by atoms with E-state index in [4.69, 9.17) is 4.74 Å². The highest BCUT2D eigenvalue weighted by Crippen LogP contribution is 2.18. The van der Waals surface area contributed by atoms with Gasteiger partial charge in [0.15, 0.2) is 6.10 Å². The van der Waals surface area contributed by atoms with Gasteiger partial charge in [-0.3, -0.25) is 9.59 Å². The molecule has 2 aromatic carbocycles. The van der Waals surface area contributed by atoms with Gasteiger partial charge < -0.3 is 20.1 Å². The molecule has 1 saturated heterocycles. The lowest BCUT2D eigenvalue weighted by molar-refractivity contribution is -0.128. The number of carbonyl (C=O) groups excluding carboxylic acids is 2. The number of amides is 2. The van der Waals surface area contributed by atoms with Gasteiger partial charge >= 0.3 is 0 Å². The normalized spacial score (nSPS) is 15.7. The van der Waals surface area contributed by atoms with E-state index in [-0.39, 0.29) is 23.6 Å². The molecule has 1 unspecified atom stereocenters. The Balaban J connectivity index is 1.47. The number of phenolic OH excluding ortho intramolecular Hbond substituents is 1. The maximum Gasteiger partial charge on any atom is 0.260 e. The molecule has 0 aliphatic carbocycles. The maximum absolute atomic E-state index is 13.3. The number of piperidine rings is 1. The van der Waals surface area contributed by atoms with Crippen molar-refractivity contribution in [2.75, 3.05) is 13.1 Å². The molecule has 1 aliphatic heterocycles. The molecular formula is C21H23FN2O4. The number of nitrogens with zero attached hydrogens (tertiary/aromatic N) is 1. The Hall–Kier alpha value is -3.09. The van der Waals surface area contributed by atoms with Crippen LogP contribution in [0, 0.1) is 5.82 Å². The van der Waals surface area contributed by atoms with E-state index in [1.807, 2.05) is 0 Å². The molecule has 0 saturated carbocycles. The third kappa shape index (κ3) is 5.00. The van der Waals surface area contributed by atoms with Crippen LogP contribution >= 0.6 is 0 Å². The Labute approximate surface area is 162 Å². The van der Waals surface area contributed by atoms with E-state index in [2.05, 4.69) is 5.32 Å². The van der Waals surface area contributed by atoms with Gasteiger partial charge in [-0.25, -0.2) is 4.39 Å². The molecule has 6 nitrogen and oxygen atoms in total. The molecule has 2 aromatic rings. The zero-order valence-corrected chi connectivity index (χ0v) is 15.6. The molecular weight excluding hydrogens is 363 g/mol. The van der Waals surface area contributed by atoms with Gasteiger partial charge in [0.25, 0.3) is 11.8 Å². The average Bonchev–Trinajstić information content (AvgIpc) is 2.69. The zero-order valence-electron chi connectivity index (χ0n) is 15.6. The lowest BCUT2D eigenvalue weighted by atomic mass is 10.0. The van der Waals surface area contributed by atoms with E-state index < -0.39 is 11.9 Å². The molecule has 1 fully saturated rings. The summed E-state index contributed by atoms with van der Waals surface area (Å²) in [5.41, 5.74) is 0.332. The van der Waals surface area contributed by atoms with E-state index in [1.54, 1.807) is 30.0 Å². The highest BCUT2D eigenvalue weighted by atomic mass is 19.1. The lowest BCUT2D eigenvalue weighted by Crippen LogP contribution is -2.49. The fourth-order valence-electron chi connectivity index (χ4n) is 3.13. The van der Waals surface area contributed by atoms with Gasteiger partial charge in [0.05, 0.1) is 0 Å². The smallest absolute Gasteiger partial charge is 0.260 e. The van der Waals surface area contributed by atoms with E-state index in [9.17, 15) is 19.1 Å². The van der Waals surface area contributed by atoms with E-state index in [1.165, 1.54) is 30.3 Å². The van der Waals surface area contributed by atoms with Gasteiger partial charge in [0.2, 0.25) is 0 Å². The van der Waals surface area contributed by atoms with Gasteiger partial charge in [-0.05, 0) is 62.2 Å². The van der Waals surface area contributed by atoms with Crippen molar-refractivity contribution in [2.45, 2.75) is 31.9 Å². The summed E-state index contributed by atoms with van der Waals surface area (Å²) in [6.07, 6.45) is 0.564. The number of nitrogens with one attached hydrogen (secondary N) is 1. The Morgan fingerprint density at radius 2 is 1.86 bits per heavy atom. The summed E-state index contributed by atoms with van der Waals surface area (Å²) < 4.78 is 18.9. The van der Waals surface area contributed by atoms with Gasteiger partial charge in [0, 0.05) is 24.7 Å². The fourth-order valence-corrected chi connectivity index (χ4v) is 3.13. The first kappa shape index (κ1) is 19.7. The molecule has 0 spiro atoms. The standard InChI is InChI=1S/C21H23FN2O4/c1-14(28-19-7-5-18(25)6-8-19)20(26)23-17-9-11-24(12-10-17)21(27)15-3-2-4-16(22)13-15/h2-8,13-14,17,25H,9-12H2,1H3,(H,23,26). The molecule has 148 valence electrons. The molecule has 1 aliphatic rings. The predicted octanol–water partition coefficient (Wildman–Crippen LogP) is 2.72. The summed E-state index contributed by atoms with van der Waals surface area (Å²) in [6.45, 7) is 2.64. The summed E-state index contributed by atoms with van der Waals surface area (Å²) >= 11 is 0. The first-order valence-corrected chi connectivity index (χ1v) is 9.23. The molecule has 2 N–H and O–H groups in total. The van der Waals surface area contributed by atoms with Gasteiger partial charge in [0.1, 0.15) is 17.3 Å². The van der Waals surface area contributed by atoms with Gasteiger partial charge in [-0.2, -0.15) is 0 Å². The van der Waals surface area contributed by atoms with Crippen molar-refractivity contribution in [3.05, 3.63) is 59.9 Å². The molecule has 7 heteroatoms. The number of halogens is 1. The summed E-state index contributed by atoms with van der Waals surface area (Å²) in [7, 11) is 0. The number of benzene rings is 2. The number of rotatable bonds is 5. The van der Waals surface area contributed by atoms with Crippen molar-refractivity contribution < 1.29 is 23.8 Å². The third-order valence-corrected chi connectivity index (χ3v) is 4.72. The van der Waals surface area contributed by atoms with Crippen molar-refractivity contribution in [3.8, 4) is 11.5 Å². The number of aromatic hydroxyl groups is 1. The van der Waals surface area contributed by atoms with Gasteiger partial charge in [-0.1, -0.05) is 6.07 Å². The van der Waals surface area contributed by atoms with Crippen molar-refractivity contribution >= 4 is 11.8 Å². The fraction of sp³-hybridized carbons (Fsp3) is 0.333. The van der Waals surface area contributed by atoms with Crippen LogP contribution in [0.1, 0.15) is 30.1 Å². The van der Waals surface area contributed by atoms with E-state index in [0.717, 1.165) is 0 Å². The Morgan fingerprint density at radius 1 is 1.18 bits per heavy atom. The molecule has 1 atom stereocenters. The Kier molecular flexibility index (Phi) is 6.13. The van der Waals surface area contributed by atoms with Crippen molar-refractivity contribution in [3.63, 3.8) is 0 Å². The predicted molar refractivity (Wildman–Crippen MR) is 102 cm³/mol. The Bertz CT molecular complexity index is 833. The highest BCUT2D eigenvalue weighted by molar-refractivity contribution is 5.94. The third-order valence-electron chi connectivity index (χ3n) is 4.72. The van der Waals surface area contributed by atoms with Crippen molar-refractivity contribution in [2.24, 2.45) is 0 Å². The van der Waals surface area contributed by atoms with Crippen LogP contribution in [0.25, 0.3) is 0 Å². The quantitative estimate of drug-likeness (QED) is 0.828. The molecule has 2 amide bonds. The van der Waals surface area contributed by atoms with Crippen LogP contribution in [-0.2, 0) is 4.79 Å². The van der Waals surface area contributed by atoms with Crippen molar-refractivity contribution in [1.29, 1.82) is 0 Å². The molecule has 28 heavy (non-hydrogen) atoms. The lowest BCUT2D eigenvalue weighted by Gasteiger charge is -2.33. The molecule has 0 bridgehead atoms. The zero-order chi connectivity index (χ0) is 20.1. The summed E-state index contributed by atoms with van der Waals surface area (Å²) in [5.74, 6) is -0.244. The summed E-state index contributed by atoms with van der Waals surface area (Å²) in [6, 6.07) is 11.8. The molecule has 0 radical (unpaired) electrons. The molecule has 3 rings (SSSR count). The SMILES string of the molecule is CC(Oc1ccc(O)cc1)C(=O)NC1CCN(C(=O)c2cccc(F)c2)CC1. The largest absolute Gasteiger partial charge is 0.508 e. The van der Waals surface area contributed by atoms with Crippen LogP contribution in [0.15, 0.2) is 48.5 Å². The second-order valence-corrected chi connectivity index (χ2v) is 6.84. The van der Waals surface area contributed by atoms with Gasteiger partial charge in [-0.15, -0.1) is 0 Å². The van der Waals surface area contributed by atoms with Crippen LogP contribution in [0.3, 0.4) is 0 Å². The van der Waals surface area contributed by atoms with Crippen molar-refractivity contribution in [1.82, 2.24) is 10.2 Å². The second-order valence-electron chi connectivity index (χ2n) is 6.84. The summed E-state index contributed by atoms with van der Waals surface area (Å²) in [4.78, 5) is 26.5. The number of carbonyl (C=O) groups is 2. The minimum Gasteiger partial charge on any atom is -0.508 e. The van der Waals surface area contributed by atoms with Crippen LogP contribution in [0.2, 0.25) is 0 Å². The first-order chi connectivity index (χ1) is 13.4. The minimum atomic E-state index is -0.684. The van der Waals surface area contributed by atoms with Crippen LogP contribution < -0.4 is 10.1 Å². The molecule has 1 heterocycles. The topological polar surface area (TPSA) is 78.9 Å². The number of ether oxygens (including phenoxy) is 1. The van der Waals surface area contributed by atoms with Crippen LogP contribution in [-0.4, -0.2) is 47.1 Å². The number of phenols is 1. The van der Waals surface area contributed by atoms with Crippen LogP contribution in [0.5, 0.6) is 11.5 Å². The van der Waals surface area contributed by atoms with Crippen LogP contribution in [0.4, 0.5) is 4.39 Å². The maximum atomic E-state index is 13.3. The summed E-state index contributed by atoms with van der Waals surface area (Å²) in [5, 5.41) is 12.2. The highest BCUT2D eigenvalue weighted by Gasteiger charge is 2.26. The first-order valence-electron chi connectivity index (χ1n) is 9.23. The van der Waals surface area contributed by atoms with E-state index in [0.29, 0.717) is 37.2 Å². The number of likely N-dealkylation sites (tertiary alicyclic amines) is 1. The minimum absolute atomic E-state index is 0.0464. The number of hydrogen-bond acceptors (Lipinski definition) is 4. The monoisotopic (exact) mass is 386 g/mol. The number of hydrogen-bond donors (Lipinski definition) is 2. The average molecular weight is 386 g/mol. The molecule has 0 aromatic heterocycles. The second kappa shape index (κ2) is 8.73.